The first-order chi connectivity index (χ1) is 7.34. The van der Waals surface area contributed by atoms with Crippen molar-refractivity contribution in [1.82, 2.24) is 4.98 Å². The van der Waals surface area contributed by atoms with Crippen LogP contribution in [0.1, 0.15) is 5.56 Å². The molecule has 1 aromatic heterocycles. The van der Waals surface area contributed by atoms with E-state index in [0.29, 0.717) is 0 Å². The van der Waals surface area contributed by atoms with Crippen LogP contribution in [0.3, 0.4) is 0 Å². The number of thiazole rings is 1. The van der Waals surface area contributed by atoms with E-state index >= 15 is 0 Å². The zero-order chi connectivity index (χ0) is 10.5. The Morgan fingerprint density at radius 3 is 2.80 bits per heavy atom. The standard InChI is InChI=1S/C10H8BrN3S/c11-9-3-1-8(2-4-9)7-13-14-10-12-5-6-15-10/h1-7H,(H,12,14)/b13-7-. The first-order valence-corrected chi connectivity index (χ1v) is 5.96. The van der Waals surface area contributed by atoms with Crippen molar-refractivity contribution in [3.8, 4) is 0 Å². The number of nitrogens with one attached hydrogen (secondary N) is 1. The Bertz CT molecular complexity index is 436. The van der Waals surface area contributed by atoms with Gasteiger partial charge in [-0.2, -0.15) is 5.10 Å². The molecule has 15 heavy (non-hydrogen) atoms. The van der Waals surface area contributed by atoms with Crippen LogP contribution in [0.25, 0.3) is 0 Å². The first kappa shape index (κ1) is 10.3. The fraction of sp³-hybridized carbons (Fsp3) is 0. The minimum atomic E-state index is 0.795. The van der Waals surface area contributed by atoms with Gasteiger partial charge in [-0.25, -0.2) is 4.98 Å². The van der Waals surface area contributed by atoms with Crippen LogP contribution in [0, 0.1) is 0 Å². The predicted octanol–water partition coefficient (Wildman–Crippen LogP) is 3.35. The van der Waals surface area contributed by atoms with E-state index in [1.165, 1.54) is 11.3 Å². The highest BCUT2D eigenvalue weighted by Gasteiger charge is 1.90. The molecule has 2 rings (SSSR count). The summed E-state index contributed by atoms with van der Waals surface area (Å²) >= 11 is 4.89. The van der Waals surface area contributed by atoms with E-state index in [-0.39, 0.29) is 0 Å². The number of anilines is 1. The maximum Gasteiger partial charge on any atom is 0.203 e. The van der Waals surface area contributed by atoms with Gasteiger partial charge < -0.3 is 0 Å². The molecule has 0 aliphatic heterocycles. The average Bonchev–Trinajstić information content (AvgIpc) is 2.74. The third kappa shape index (κ3) is 3.14. The average molecular weight is 282 g/mol. The molecule has 0 amide bonds. The Hall–Kier alpha value is -1.20. The molecule has 0 radical (unpaired) electrons. The number of hydrogen-bond acceptors (Lipinski definition) is 4. The Kier molecular flexibility index (Phi) is 3.47. The summed E-state index contributed by atoms with van der Waals surface area (Å²) in [5.74, 6) is 0. The fourth-order valence-electron chi connectivity index (χ4n) is 0.990. The summed E-state index contributed by atoms with van der Waals surface area (Å²) in [6.07, 6.45) is 3.50. The van der Waals surface area contributed by atoms with Gasteiger partial charge in [0.25, 0.3) is 0 Å². The maximum atomic E-state index is 4.07. The van der Waals surface area contributed by atoms with Gasteiger partial charge in [-0.15, -0.1) is 11.3 Å². The largest absolute Gasteiger partial charge is 0.253 e. The molecule has 0 saturated carbocycles. The van der Waals surface area contributed by atoms with Gasteiger partial charge in [0.2, 0.25) is 5.13 Å². The molecule has 0 atom stereocenters. The third-order valence-electron chi connectivity index (χ3n) is 1.68. The second-order valence-corrected chi connectivity index (χ2v) is 4.57. The number of nitrogens with zero attached hydrogens (tertiary/aromatic N) is 2. The molecule has 1 N–H and O–H groups in total. The normalized spacial score (nSPS) is 10.7. The molecular weight excluding hydrogens is 274 g/mol. The van der Waals surface area contributed by atoms with Crippen molar-refractivity contribution in [2.45, 2.75) is 0 Å². The molecule has 2 aromatic rings. The van der Waals surface area contributed by atoms with E-state index < -0.39 is 0 Å². The first-order valence-electron chi connectivity index (χ1n) is 4.29. The van der Waals surface area contributed by atoms with Crippen molar-refractivity contribution in [3.63, 3.8) is 0 Å². The molecule has 0 saturated heterocycles. The number of aromatic nitrogens is 1. The number of benzene rings is 1. The molecule has 3 nitrogen and oxygen atoms in total. The number of hydrazone groups is 1. The second-order valence-electron chi connectivity index (χ2n) is 2.76. The molecule has 0 fully saturated rings. The van der Waals surface area contributed by atoms with E-state index in [1.807, 2.05) is 29.6 Å². The predicted molar refractivity (Wildman–Crippen MR) is 67.5 cm³/mol. The summed E-state index contributed by atoms with van der Waals surface area (Å²) in [6, 6.07) is 7.92. The molecule has 0 unspecified atom stereocenters. The van der Waals surface area contributed by atoms with Crippen LogP contribution in [0.4, 0.5) is 5.13 Å². The van der Waals surface area contributed by atoms with Crippen molar-refractivity contribution >= 4 is 38.6 Å². The Morgan fingerprint density at radius 2 is 2.13 bits per heavy atom. The van der Waals surface area contributed by atoms with Gasteiger partial charge in [0, 0.05) is 16.0 Å². The lowest BCUT2D eigenvalue weighted by Gasteiger charge is -1.94. The zero-order valence-electron chi connectivity index (χ0n) is 7.72. The number of rotatable bonds is 3. The van der Waals surface area contributed by atoms with Crippen molar-refractivity contribution in [2.75, 3.05) is 5.43 Å². The van der Waals surface area contributed by atoms with Crippen LogP contribution < -0.4 is 5.43 Å². The maximum absolute atomic E-state index is 4.07. The monoisotopic (exact) mass is 281 g/mol. The van der Waals surface area contributed by atoms with Crippen LogP contribution in [-0.4, -0.2) is 11.2 Å². The quantitative estimate of drug-likeness (QED) is 0.692. The van der Waals surface area contributed by atoms with E-state index in [9.17, 15) is 0 Å². The van der Waals surface area contributed by atoms with Crippen LogP contribution in [0.15, 0.2) is 45.4 Å². The van der Waals surface area contributed by atoms with Crippen molar-refractivity contribution < 1.29 is 0 Å². The third-order valence-corrected chi connectivity index (χ3v) is 2.88. The smallest absolute Gasteiger partial charge is 0.203 e. The summed E-state index contributed by atoms with van der Waals surface area (Å²) in [7, 11) is 0. The van der Waals surface area contributed by atoms with Gasteiger partial charge >= 0.3 is 0 Å². The minimum absolute atomic E-state index is 0.795. The molecule has 0 aliphatic carbocycles. The van der Waals surface area contributed by atoms with E-state index in [2.05, 4.69) is 31.4 Å². The topological polar surface area (TPSA) is 37.3 Å². The Labute approximate surface area is 100.0 Å². The van der Waals surface area contributed by atoms with Gasteiger partial charge in [0.1, 0.15) is 0 Å². The van der Waals surface area contributed by atoms with Crippen LogP contribution in [0.5, 0.6) is 0 Å². The second kappa shape index (κ2) is 5.04. The SMILES string of the molecule is Brc1ccc(/C=N\Nc2nccs2)cc1. The number of halogens is 1. The van der Waals surface area contributed by atoms with Gasteiger partial charge in [-0.05, 0) is 17.7 Å². The number of hydrogen-bond donors (Lipinski definition) is 1. The summed E-state index contributed by atoms with van der Waals surface area (Å²) in [6.45, 7) is 0. The lowest BCUT2D eigenvalue weighted by Crippen LogP contribution is -1.89. The Balaban J connectivity index is 1.97. The molecule has 5 heteroatoms. The van der Waals surface area contributed by atoms with Crippen molar-refractivity contribution in [2.24, 2.45) is 5.10 Å². The zero-order valence-corrected chi connectivity index (χ0v) is 10.1. The highest BCUT2D eigenvalue weighted by molar-refractivity contribution is 9.10. The summed E-state index contributed by atoms with van der Waals surface area (Å²) in [5.41, 5.74) is 3.90. The summed E-state index contributed by atoms with van der Waals surface area (Å²) in [4.78, 5) is 4.05. The van der Waals surface area contributed by atoms with Crippen LogP contribution in [0.2, 0.25) is 0 Å². The lowest BCUT2D eigenvalue weighted by atomic mass is 10.2. The fourth-order valence-corrected chi connectivity index (χ4v) is 1.73. The molecule has 1 heterocycles. The van der Waals surface area contributed by atoms with Gasteiger partial charge in [0.05, 0.1) is 6.21 Å². The van der Waals surface area contributed by atoms with Crippen molar-refractivity contribution in [1.29, 1.82) is 0 Å². The highest BCUT2D eigenvalue weighted by Crippen LogP contribution is 2.11. The molecule has 0 aliphatic rings. The van der Waals surface area contributed by atoms with Gasteiger partial charge in [-0.3, -0.25) is 5.43 Å². The molecular formula is C10H8BrN3S. The molecule has 0 spiro atoms. The summed E-state index contributed by atoms with van der Waals surface area (Å²) < 4.78 is 1.06. The van der Waals surface area contributed by atoms with Gasteiger partial charge in [0.15, 0.2) is 0 Å². The minimum Gasteiger partial charge on any atom is -0.253 e. The lowest BCUT2D eigenvalue weighted by molar-refractivity contribution is 1.29. The van der Waals surface area contributed by atoms with Crippen LogP contribution in [-0.2, 0) is 0 Å². The van der Waals surface area contributed by atoms with E-state index in [1.54, 1.807) is 12.4 Å². The van der Waals surface area contributed by atoms with E-state index in [0.717, 1.165) is 15.2 Å². The molecule has 1 aromatic carbocycles. The van der Waals surface area contributed by atoms with Gasteiger partial charge in [-0.1, -0.05) is 28.1 Å². The highest BCUT2D eigenvalue weighted by atomic mass is 79.9. The molecule has 0 bridgehead atoms. The van der Waals surface area contributed by atoms with Crippen LogP contribution >= 0.6 is 27.3 Å². The van der Waals surface area contributed by atoms with Crippen molar-refractivity contribution in [3.05, 3.63) is 45.9 Å². The molecule has 76 valence electrons. The summed E-state index contributed by atoms with van der Waals surface area (Å²) in [5, 5.41) is 6.77. The van der Waals surface area contributed by atoms with E-state index in [4.69, 9.17) is 0 Å². The Morgan fingerprint density at radius 1 is 1.33 bits per heavy atom.